The molecule has 1 fully saturated rings. The third-order valence-corrected chi connectivity index (χ3v) is 5.43. The number of benzene rings is 2. The lowest BCUT2D eigenvalue weighted by Crippen LogP contribution is -2.46. The molecule has 30 heavy (non-hydrogen) atoms. The largest absolute Gasteiger partial charge is 0.366 e. The van der Waals surface area contributed by atoms with Gasteiger partial charge in [-0.1, -0.05) is 30.7 Å². The Bertz CT molecular complexity index is 963. The molecule has 2 N–H and O–H groups in total. The third kappa shape index (κ3) is 5.24. The van der Waals surface area contributed by atoms with E-state index in [4.69, 9.17) is 23.8 Å². The number of hydrogen-bond acceptors (Lipinski definition) is 6. The van der Waals surface area contributed by atoms with E-state index in [-0.39, 0.29) is 16.4 Å². The summed E-state index contributed by atoms with van der Waals surface area (Å²) in [5, 5.41) is 17.2. The normalized spacial score (nSPS) is 14.3. The molecule has 2 aromatic carbocycles. The molecule has 0 bridgehead atoms. The van der Waals surface area contributed by atoms with Gasteiger partial charge in [-0.05, 0) is 37.0 Å². The summed E-state index contributed by atoms with van der Waals surface area (Å²) in [7, 11) is 0. The Kier molecular flexibility index (Phi) is 7.20. The highest BCUT2D eigenvalue weighted by molar-refractivity contribution is 7.80. The van der Waals surface area contributed by atoms with E-state index < -0.39 is 10.8 Å². The summed E-state index contributed by atoms with van der Waals surface area (Å²) in [6, 6.07) is 10.9. The van der Waals surface area contributed by atoms with Gasteiger partial charge in [0, 0.05) is 43.9 Å². The zero-order chi connectivity index (χ0) is 21.7. The first-order valence-electron chi connectivity index (χ1n) is 9.51. The van der Waals surface area contributed by atoms with Crippen LogP contribution in [-0.2, 0) is 0 Å². The third-order valence-electron chi connectivity index (χ3n) is 4.92. The molecule has 10 heteroatoms. The zero-order valence-electron chi connectivity index (χ0n) is 16.4. The van der Waals surface area contributed by atoms with Crippen molar-refractivity contribution < 1.29 is 9.72 Å². The van der Waals surface area contributed by atoms with E-state index in [0.717, 1.165) is 38.4 Å². The van der Waals surface area contributed by atoms with Gasteiger partial charge in [0.2, 0.25) is 0 Å². The van der Waals surface area contributed by atoms with Crippen molar-refractivity contribution >= 4 is 51.9 Å². The molecule has 0 radical (unpaired) electrons. The number of likely N-dealkylation sites (N-methyl/N-ethyl adjacent to an activating group) is 1. The number of amides is 1. The van der Waals surface area contributed by atoms with Crippen molar-refractivity contribution in [2.45, 2.75) is 6.92 Å². The molecule has 158 valence electrons. The van der Waals surface area contributed by atoms with Crippen LogP contribution in [0.25, 0.3) is 0 Å². The van der Waals surface area contributed by atoms with Crippen LogP contribution in [-0.4, -0.2) is 53.6 Å². The minimum Gasteiger partial charge on any atom is -0.366 e. The Morgan fingerprint density at radius 3 is 2.57 bits per heavy atom. The maximum absolute atomic E-state index is 12.4. The van der Waals surface area contributed by atoms with Gasteiger partial charge in [-0.15, -0.1) is 0 Å². The molecule has 8 nitrogen and oxygen atoms in total. The second kappa shape index (κ2) is 9.84. The Labute approximate surface area is 184 Å². The summed E-state index contributed by atoms with van der Waals surface area (Å²) >= 11 is 11.8. The highest BCUT2D eigenvalue weighted by Crippen LogP contribution is 2.34. The van der Waals surface area contributed by atoms with Gasteiger partial charge in [-0.3, -0.25) is 20.2 Å². The number of carbonyl (C=O) groups is 1. The Morgan fingerprint density at radius 2 is 1.90 bits per heavy atom. The van der Waals surface area contributed by atoms with Gasteiger partial charge in [0.15, 0.2) is 5.11 Å². The molecule has 0 saturated carbocycles. The fraction of sp³-hybridized carbons (Fsp3) is 0.300. The van der Waals surface area contributed by atoms with Crippen LogP contribution in [0.1, 0.15) is 17.3 Å². The van der Waals surface area contributed by atoms with Gasteiger partial charge >= 0.3 is 0 Å². The summed E-state index contributed by atoms with van der Waals surface area (Å²) in [6.45, 7) is 6.69. The van der Waals surface area contributed by atoms with Crippen LogP contribution in [0.2, 0.25) is 5.02 Å². The van der Waals surface area contributed by atoms with Crippen molar-refractivity contribution in [3.8, 4) is 0 Å². The predicted octanol–water partition coefficient (Wildman–Crippen LogP) is 3.52. The van der Waals surface area contributed by atoms with Gasteiger partial charge in [-0.2, -0.15) is 0 Å². The SMILES string of the molecule is CCN1CCN(c2c(Cl)cccc2NC(=S)NC(=O)c2cccc([N+](=O)[O-])c2)CC1. The number of hydrogen-bond donors (Lipinski definition) is 2. The van der Waals surface area contributed by atoms with E-state index in [1.807, 2.05) is 12.1 Å². The molecule has 0 spiro atoms. The minimum absolute atomic E-state index is 0.0854. The molecule has 1 amide bonds. The topological polar surface area (TPSA) is 90.8 Å². The van der Waals surface area contributed by atoms with Crippen LogP contribution in [0.4, 0.5) is 17.1 Å². The number of thiocarbonyl (C=S) groups is 1. The van der Waals surface area contributed by atoms with Crippen molar-refractivity contribution in [3.63, 3.8) is 0 Å². The fourth-order valence-electron chi connectivity index (χ4n) is 3.31. The fourth-order valence-corrected chi connectivity index (χ4v) is 3.81. The van der Waals surface area contributed by atoms with Crippen molar-refractivity contribution in [1.29, 1.82) is 0 Å². The number of carbonyl (C=O) groups excluding carboxylic acids is 1. The standard InChI is InChI=1S/C20H22ClN5O3S/c1-2-24-9-11-25(12-10-24)18-16(21)7-4-8-17(18)22-20(30)23-19(27)14-5-3-6-15(13-14)26(28)29/h3-8,13H,2,9-12H2,1H3,(H2,22,23,27,30). The Balaban J connectivity index is 1.71. The Morgan fingerprint density at radius 1 is 1.20 bits per heavy atom. The van der Waals surface area contributed by atoms with Crippen molar-refractivity contribution in [2.75, 3.05) is 42.9 Å². The average molecular weight is 448 g/mol. The molecule has 0 atom stereocenters. The van der Waals surface area contributed by atoms with E-state index in [2.05, 4.69) is 27.4 Å². The summed E-state index contributed by atoms with van der Waals surface area (Å²) < 4.78 is 0. The predicted molar refractivity (Wildman–Crippen MR) is 123 cm³/mol. The maximum Gasteiger partial charge on any atom is 0.270 e. The molecule has 1 aliphatic rings. The monoisotopic (exact) mass is 447 g/mol. The maximum atomic E-state index is 12.4. The molecule has 2 aromatic rings. The summed E-state index contributed by atoms with van der Waals surface area (Å²) in [6.07, 6.45) is 0. The molecule has 0 unspecified atom stereocenters. The number of nitrogens with zero attached hydrogens (tertiary/aromatic N) is 3. The molecular weight excluding hydrogens is 426 g/mol. The van der Waals surface area contributed by atoms with Crippen molar-refractivity contribution in [1.82, 2.24) is 10.2 Å². The molecule has 1 saturated heterocycles. The van der Waals surface area contributed by atoms with E-state index in [1.165, 1.54) is 24.3 Å². The van der Waals surface area contributed by atoms with Gasteiger partial charge in [0.05, 0.1) is 21.3 Å². The molecule has 0 aromatic heterocycles. The molecule has 3 rings (SSSR count). The number of halogens is 1. The smallest absolute Gasteiger partial charge is 0.270 e. The first-order chi connectivity index (χ1) is 14.4. The lowest BCUT2D eigenvalue weighted by Gasteiger charge is -2.37. The lowest BCUT2D eigenvalue weighted by molar-refractivity contribution is -0.384. The van der Waals surface area contributed by atoms with Gasteiger partial charge in [-0.25, -0.2) is 0 Å². The number of nitrogens with one attached hydrogen (secondary N) is 2. The van der Waals surface area contributed by atoms with E-state index in [9.17, 15) is 14.9 Å². The highest BCUT2D eigenvalue weighted by Gasteiger charge is 2.21. The van der Waals surface area contributed by atoms with Crippen LogP contribution < -0.4 is 15.5 Å². The molecule has 1 aliphatic heterocycles. The van der Waals surface area contributed by atoms with Crippen LogP contribution in [0, 0.1) is 10.1 Å². The number of anilines is 2. The minimum atomic E-state index is -0.552. The number of para-hydroxylation sites is 1. The number of rotatable bonds is 5. The van der Waals surface area contributed by atoms with Gasteiger partial charge in [0.1, 0.15) is 0 Å². The highest BCUT2D eigenvalue weighted by atomic mass is 35.5. The first kappa shape index (κ1) is 21.9. The molecule has 0 aliphatic carbocycles. The second-order valence-corrected chi connectivity index (χ2v) is 7.59. The zero-order valence-corrected chi connectivity index (χ0v) is 18.0. The first-order valence-corrected chi connectivity index (χ1v) is 10.3. The van der Waals surface area contributed by atoms with Crippen molar-refractivity contribution in [2.24, 2.45) is 0 Å². The van der Waals surface area contributed by atoms with Crippen LogP contribution in [0.15, 0.2) is 42.5 Å². The summed E-state index contributed by atoms with van der Waals surface area (Å²) in [5.74, 6) is -0.531. The molecular formula is C20H22ClN5O3S. The van der Waals surface area contributed by atoms with Crippen LogP contribution in [0.5, 0.6) is 0 Å². The van der Waals surface area contributed by atoms with Gasteiger partial charge in [0.25, 0.3) is 11.6 Å². The number of nitro groups is 1. The summed E-state index contributed by atoms with van der Waals surface area (Å²) in [4.78, 5) is 27.4. The Hall–Kier alpha value is -2.75. The average Bonchev–Trinajstić information content (AvgIpc) is 2.74. The molecule has 1 heterocycles. The second-order valence-electron chi connectivity index (χ2n) is 6.77. The van der Waals surface area contributed by atoms with Crippen molar-refractivity contribution in [3.05, 3.63) is 63.2 Å². The number of nitro benzene ring substituents is 1. The van der Waals surface area contributed by atoms with E-state index in [0.29, 0.717) is 10.7 Å². The quantitative estimate of drug-likeness (QED) is 0.411. The number of piperazine rings is 1. The summed E-state index contributed by atoms with van der Waals surface area (Å²) in [5.41, 5.74) is 1.51. The lowest BCUT2D eigenvalue weighted by atomic mass is 10.2. The number of non-ortho nitro benzene ring substituents is 1. The van der Waals surface area contributed by atoms with Crippen LogP contribution in [0.3, 0.4) is 0 Å². The van der Waals surface area contributed by atoms with E-state index in [1.54, 1.807) is 6.07 Å². The van der Waals surface area contributed by atoms with E-state index >= 15 is 0 Å². The van der Waals surface area contributed by atoms with Gasteiger partial charge < -0.3 is 15.1 Å². The van der Waals surface area contributed by atoms with Crippen LogP contribution >= 0.6 is 23.8 Å².